The van der Waals surface area contributed by atoms with E-state index in [1.807, 2.05) is 6.07 Å². The van der Waals surface area contributed by atoms with Gasteiger partial charge in [-0.05, 0) is 49.2 Å². The van der Waals surface area contributed by atoms with Gasteiger partial charge in [0.1, 0.15) is 5.75 Å². The molecule has 2 amide bonds. The number of amides is 2. The molecule has 0 N–H and O–H groups in total. The number of methoxy groups -OCH3 is 1. The summed E-state index contributed by atoms with van der Waals surface area (Å²) in [7, 11) is 1.51. The van der Waals surface area contributed by atoms with Crippen molar-refractivity contribution in [1.82, 2.24) is 4.98 Å². The molecule has 1 aliphatic carbocycles. The van der Waals surface area contributed by atoms with Crippen molar-refractivity contribution in [3.05, 3.63) is 90.0 Å². The number of esters is 1. The first kappa shape index (κ1) is 26.4. The summed E-state index contributed by atoms with van der Waals surface area (Å²) in [4.78, 5) is 58.0. The van der Waals surface area contributed by atoms with Gasteiger partial charge in [-0.3, -0.25) is 19.3 Å². The van der Waals surface area contributed by atoms with Crippen LogP contribution < -0.4 is 9.64 Å². The van der Waals surface area contributed by atoms with E-state index in [2.05, 4.69) is 0 Å². The Labute approximate surface area is 236 Å². The number of rotatable bonds is 7. The molecule has 2 atom stereocenters. The SMILES string of the molecule is COc1cccc(C(=O)COC(=O)c2cc(-c3ccc(N4C(=O)C5CCCCC5C4=O)cc3)nc3ccccc23)c1. The minimum Gasteiger partial charge on any atom is -0.497 e. The third-order valence-electron chi connectivity index (χ3n) is 7.92. The number of carbonyl (C=O) groups is 4. The van der Waals surface area contributed by atoms with Gasteiger partial charge in [-0.2, -0.15) is 0 Å². The van der Waals surface area contributed by atoms with Crippen molar-refractivity contribution in [2.75, 3.05) is 18.6 Å². The average molecular weight is 549 g/mol. The highest BCUT2D eigenvalue weighted by atomic mass is 16.5. The summed E-state index contributed by atoms with van der Waals surface area (Å²) in [5.41, 5.74) is 3.02. The topological polar surface area (TPSA) is 103 Å². The number of benzene rings is 3. The number of nitrogens with zero attached hydrogens (tertiary/aromatic N) is 2. The van der Waals surface area contributed by atoms with Gasteiger partial charge in [-0.15, -0.1) is 0 Å². The maximum absolute atomic E-state index is 13.2. The van der Waals surface area contributed by atoms with Crippen LogP contribution in [0.15, 0.2) is 78.9 Å². The summed E-state index contributed by atoms with van der Waals surface area (Å²) in [5.74, 6) is -1.14. The number of ketones is 1. The number of anilines is 1. The lowest BCUT2D eigenvalue weighted by molar-refractivity contribution is -0.122. The molecule has 1 saturated heterocycles. The second kappa shape index (κ2) is 11.0. The Kier molecular flexibility index (Phi) is 7.05. The van der Waals surface area contributed by atoms with Gasteiger partial charge in [0.05, 0.1) is 41.4 Å². The van der Waals surface area contributed by atoms with Gasteiger partial charge >= 0.3 is 5.97 Å². The second-order valence-corrected chi connectivity index (χ2v) is 10.4. The number of ether oxygens (including phenoxy) is 2. The normalized spacial score (nSPS) is 18.3. The molecule has 1 aliphatic heterocycles. The van der Waals surface area contributed by atoms with E-state index in [9.17, 15) is 19.2 Å². The van der Waals surface area contributed by atoms with Crippen LogP contribution in [-0.2, 0) is 14.3 Å². The second-order valence-electron chi connectivity index (χ2n) is 10.4. The highest BCUT2D eigenvalue weighted by Crippen LogP contribution is 2.40. The first-order valence-electron chi connectivity index (χ1n) is 13.7. The van der Waals surface area contributed by atoms with Crippen LogP contribution in [0, 0.1) is 11.8 Å². The smallest absolute Gasteiger partial charge is 0.339 e. The molecule has 6 rings (SSSR count). The molecule has 0 spiro atoms. The summed E-state index contributed by atoms with van der Waals surface area (Å²) in [6.07, 6.45) is 3.46. The van der Waals surface area contributed by atoms with Crippen molar-refractivity contribution in [3.8, 4) is 17.0 Å². The first-order valence-corrected chi connectivity index (χ1v) is 13.7. The first-order chi connectivity index (χ1) is 19.9. The summed E-state index contributed by atoms with van der Waals surface area (Å²) >= 11 is 0. The molecule has 3 aromatic carbocycles. The fourth-order valence-corrected chi connectivity index (χ4v) is 5.78. The van der Waals surface area contributed by atoms with E-state index in [0.717, 1.165) is 25.7 Å². The number of imide groups is 1. The quantitative estimate of drug-likeness (QED) is 0.168. The van der Waals surface area contributed by atoms with Crippen LogP contribution in [0.25, 0.3) is 22.2 Å². The van der Waals surface area contributed by atoms with Crippen molar-refractivity contribution < 1.29 is 28.7 Å². The molecule has 0 bridgehead atoms. The van der Waals surface area contributed by atoms with E-state index in [0.29, 0.717) is 39.2 Å². The molecule has 2 aliphatic rings. The third-order valence-corrected chi connectivity index (χ3v) is 7.92. The van der Waals surface area contributed by atoms with Crippen molar-refractivity contribution in [2.24, 2.45) is 11.8 Å². The Morgan fingerprint density at radius 3 is 2.29 bits per heavy atom. The molecule has 8 nitrogen and oxygen atoms in total. The minimum absolute atomic E-state index is 0.121. The zero-order valence-electron chi connectivity index (χ0n) is 22.5. The van der Waals surface area contributed by atoms with Crippen molar-refractivity contribution in [3.63, 3.8) is 0 Å². The molecule has 41 heavy (non-hydrogen) atoms. The zero-order valence-corrected chi connectivity index (χ0v) is 22.5. The number of hydrogen-bond donors (Lipinski definition) is 0. The zero-order chi connectivity index (χ0) is 28.5. The lowest BCUT2D eigenvalue weighted by Gasteiger charge is -2.19. The van der Waals surface area contributed by atoms with Crippen LogP contribution in [0.3, 0.4) is 0 Å². The van der Waals surface area contributed by atoms with E-state index in [1.54, 1.807) is 72.8 Å². The molecule has 2 fully saturated rings. The lowest BCUT2D eigenvalue weighted by Crippen LogP contribution is -2.30. The highest BCUT2D eigenvalue weighted by Gasteiger charge is 2.48. The van der Waals surface area contributed by atoms with Gasteiger partial charge in [0.2, 0.25) is 11.8 Å². The molecular weight excluding hydrogens is 520 g/mol. The van der Waals surface area contributed by atoms with Crippen LogP contribution in [0.1, 0.15) is 46.4 Å². The Morgan fingerprint density at radius 2 is 1.59 bits per heavy atom. The highest BCUT2D eigenvalue weighted by molar-refractivity contribution is 6.22. The molecule has 1 saturated carbocycles. The van der Waals surface area contributed by atoms with Crippen molar-refractivity contribution >= 4 is 40.2 Å². The number of pyridine rings is 1. The number of fused-ring (bicyclic) bond motifs is 2. The van der Waals surface area contributed by atoms with Crippen LogP contribution in [-0.4, -0.2) is 42.3 Å². The molecule has 2 unspecified atom stereocenters. The van der Waals surface area contributed by atoms with Crippen molar-refractivity contribution in [1.29, 1.82) is 0 Å². The molecular formula is C33H28N2O6. The van der Waals surface area contributed by atoms with Gasteiger partial charge in [0, 0.05) is 16.5 Å². The van der Waals surface area contributed by atoms with E-state index in [1.165, 1.54) is 12.0 Å². The van der Waals surface area contributed by atoms with Gasteiger partial charge in [-0.1, -0.05) is 55.3 Å². The fourth-order valence-electron chi connectivity index (χ4n) is 5.78. The fraction of sp³-hybridized carbons (Fsp3) is 0.242. The maximum Gasteiger partial charge on any atom is 0.339 e. The molecule has 8 heteroatoms. The number of carbonyl (C=O) groups excluding carboxylic acids is 4. The Balaban J connectivity index is 1.25. The molecule has 1 aromatic heterocycles. The number of hydrogen-bond acceptors (Lipinski definition) is 7. The molecule has 2 heterocycles. The average Bonchev–Trinajstić information content (AvgIpc) is 3.28. The van der Waals surface area contributed by atoms with Gasteiger partial charge < -0.3 is 9.47 Å². The predicted octanol–water partition coefficient (Wildman–Crippen LogP) is 5.63. The van der Waals surface area contributed by atoms with Crippen LogP contribution in [0.5, 0.6) is 5.75 Å². The Hall–Kier alpha value is -4.85. The number of para-hydroxylation sites is 1. The van der Waals surface area contributed by atoms with Gasteiger partial charge in [0.15, 0.2) is 12.4 Å². The monoisotopic (exact) mass is 548 g/mol. The molecule has 4 aromatic rings. The lowest BCUT2D eigenvalue weighted by atomic mass is 9.81. The summed E-state index contributed by atoms with van der Waals surface area (Å²) in [5, 5.41) is 0.600. The van der Waals surface area contributed by atoms with E-state index in [-0.39, 0.29) is 35.0 Å². The minimum atomic E-state index is -0.645. The van der Waals surface area contributed by atoms with Gasteiger partial charge in [0.25, 0.3) is 0 Å². The summed E-state index contributed by atoms with van der Waals surface area (Å²) in [6.45, 7) is -0.424. The number of Topliss-reactive ketones (excluding diaryl/α,β-unsaturated/α-hetero) is 1. The van der Waals surface area contributed by atoms with Gasteiger partial charge in [-0.25, -0.2) is 9.78 Å². The standard InChI is InChI=1S/C33H28N2O6/c1-40-23-8-6-7-21(17-23)30(36)19-41-33(39)27-18-29(34-28-12-5-4-9-24(27)28)20-13-15-22(16-14-20)35-31(37)25-10-2-3-11-26(25)32(35)38/h4-9,12-18,25-26H,2-3,10-11,19H2,1H3. The maximum atomic E-state index is 13.2. The summed E-state index contributed by atoms with van der Waals surface area (Å²) in [6, 6.07) is 22.6. The van der Waals surface area contributed by atoms with Crippen molar-refractivity contribution in [2.45, 2.75) is 25.7 Å². The van der Waals surface area contributed by atoms with E-state index < -0.39 is 12.6 Å². The van der Waals surface area contributed by atoms with Crippen LogP contribution in [0.4, 0.5) is 5.69 Å². The Bertz CT molecular complexity index is 1660. The third kappa shape index (κ3) is 4.97. The van der Waals surface area contributed by atoms with Crippen LogP contribution in [0.2, 0.25) is 0 Å². The molecule has 0 radical (unpaired) electrons. The number of aromatic nitrogens is 1. The van der Waals surface area contributed by atoms with E-state index in [4.69, 9.17) is 14.5 Å². The summed E-state index contributed by atoms with van der Waals surface area (Å²) < 4.78 is 10.6. The predicted molar refractivity (Wildman–Crippen MR) is 153 cm³/mol. The largest absolute Gasteiger partial charge is 0.497 e. The van der Waals surface area contributed by atoms with E-state index >= 15 is 0 Å². The van der Waals surface area contributed by atoms with Crippen LogP contribution >= 0.6 is 0 Å². The molecule has 206 valence electrons. The Morgan fingerprint density at radius 1 is 0.878 bits per heavy atom.